The number of hydrogen-bond acceptors (Lipinski definition) is 1. The van der Waals surface area contributed by atoms with E-state index in [1.165, 1.54) is 19.3 Å². The maximum absolute atomic E-state index is 13.5. The van der Waals surface area contributed by atoms with Gasteiger partial charge in [-0.1, -0.05) is 18.0 Å². The summed E-state index contributed by atoms with van der Waals surface area (Å²) in [6.45, 7) is 0.774. The molecule has 0 atom stereocenters. The van der Waals surface area contributed by atoms with E-state index < -0.39 is 11.6 Å². The van der Waals surface area contributed by atoms with E-state index in [2.05, 4.69) is 10.3 Å². The Kier molecular flexibility index (Phi) is 6.94. The fourth-order valence-electron chi connectivity index (χ4n) is 1.86. The number of rotatable bonds is 4. The molecule has 20 heavy (non-hydrogen) atoms. The van der Waals surface area contributed by atoms with E-state index in [-0.39, 0.29) is 47.1 Å². The van der Waals surface area contributed by atoms with Gasteiger partial charge in [-0.25, -0.2) is 13.8 Å². The summed E-state index contributed by atoms with van der Waals surface area (Å²) in [6.07, 6.45) is 3.67. The third-order valence-corrected chi connectivity index (χ3v) is 3.60. The average Bonchev–Trinajstić information content (AvgIpc) is 2.30. The lowest BCUT2D eigenvalue weighted by atomic mass is 9.85. The third kappa shape index (κ3) is 4.73. The monoisotopic (exact) mass is 415 g/mol. The van der Waals surface area contributed by atoms with Gasteiger partial charge in [-0.3, -0.25) is 0 Å². The van der Waals surface area contributed by atoms with Crippen LogP contribution in [-0.4, -0.2) is 12.5 Å². The molecule has 0 bridgehead atoms. The molecule has 1 aliphatic rings. The van der Waals surface area contributed by atoms with Crippen LogP contribution in [0, 0.1) is 17.6 Å². The predicted molar refractivity (Wildman–Crippen MR) is 87.5 cm³/mol. The first-order valence-electron chi connectivity index (χ1n) is 6.23. The summed E-state index contributed by atoms with van der Waals surface area (Å²) in [5.41, 5.74) is 5.80. The van der Waals surface area contributed by atoms with E-state index in [9.17, 15) is 8.78 Å². The van der Waals surface area contributed by atoms with Crippen molar-refractivity contribution in [1.82, 2.24) is 5.32 Å². The molecule has 7 heteroatoms. The maximum atomic E-state index is 13.5. The molecule has 0 aliphatic heterocycles. The van der Waals surface area contributed by atoms with Gasteiger partial charge >= 0.3 is 0 Å². The number of nitrogens with zero attached hydrogens (tertiary/aromatic N) is 1. The van der Waals surface area contributed by atoms with Gasteiger partial charge in [0.15, 0.2) is 5.96 Å². The highest BCUT2D eigenvalue weighted by Gasteiger charge is 2.16. The standard InChI is InChI=1S/C13H16ClF2N3.HI/c14-10-5-11(15)9(4-12(10)16)7-19-13(17)18-6-8-2-1-3-8;/h4-5,8H,1-3,6-7H2,(H3,17,18,19);1H. The quantitative estimate of drug-likeness (QED) is 0.343. The summed E-state index contributed by atoms with van der Waals surface area (Å²) in [5, 5.41) is 2.75. The summed E-state index contributed by atoms with van der Waals surface area (Å²) >= 11 is 5.47. The molecule has 112 valence electrons. The zero-order valence-corrected chi connectivity index (χ0v) is 13.9. The molecule has 1 aromatic rings. The minimum Gasteiger partial charge on any atom is -0.370 e. The van der Waals surface area contributed by atoms with Crippen molar-refractivity contribution in [2.24, 2.45) is 16.6 Å². The van der Waals surface area contributed by atoms with Gasteiger partial charge < -0.3 is 11.1 Å². The van der Waals surface area contributed by atoms with E-state index in [1.807, 2.05) is 0 Å². The van der Waals surface area contributed by atoms with Crippen molar-refractivity contribution in [2.75, 3.05) is 6.54 Å². The van der Waals surface area contributed by atoms with E-state index in [4.69, 9.17) is 17.3 Å². The van der Waals surface area contributed by atoms with Crippen LogP contribution in [0.4, 0.5) is 8.78 Å². The molecule has 3 nitrogen and oxygen atoms in total. The van der Waals surface area contributed by atoms with E-state index in [1.54, 1.807) is 0 Å². The lowest BCUT2D eigenvalue weighted by Gasteiger charge is -2.25. The second kappa shape index (κ2) is 7.97. The molecule has 0 radical (unpaired) electrons. The topological polar surface area (TPSA) is 50.4 Å². The zero-order valence-electron chi connectivity index (χ0n) is 10.8. The molecule has 0 amide bonds. The lowest BCUT2D eigenvalue weighted by Crippen LogP contribution is -2.37. The second-order valence-corrected chi connectivity index (χ2v) is 5.14. The number of benzene rings is 1. The first-order valence-corrected chi connectivity index (χ1v) is 6.61. The Morgan fingerprint density at radius 2 is 2.05 bits per heavy atom. The smallest absolute Gasteiger partial charge is 0.188 e. The number of nitrogens with one attached hydrogen (secondary N) is 1. The molecule has 0 unspecified atom stereocenters. The van der Waals surface area contributed by atoms with Crippen LogP contribution in [-0.2, 0) is 6.54 Å². The highest BCUT2D eigenvalue weighted by molar-refractivity contribution is 14.0. The second-order valence-electron chi connectivity index (χ2n) is 4.74. The Labute approximate surface area is 139 Å². The van der Waals surface area contributed by atoms with Gasteiger partial charge in [0.1, 0.15) is 11.6 Å². The molecule has 2 rings (SSSR count). The molecule has 3 N–H and O–H groups in total. The summed E-state index contributed by atoms with van der Waals surface area (Å²) in [4.78, 5) is 3.99. The minimum atomic E-state index is -0.658. The number of aliphatic imine (C=N–C) groups is 1. The average molecular weight is 416 g/mol. The SMILES string of the molecule is I.NC(=NCc1cc(F)c(Cl)cc1F)NCC1CCC1. The molecule has 0 saturated heterocycles. The van der Waals surface area contributed by atoms with E-state index in [0.29, 0.717) is 5.92 Å². The van der Waals surface area contributed by atoms with Crippen LogP contribution in [0.2, 0.25) is 5.02 Å². The Hall–Kier alpha value is -0.630. The first-order chi connectivity index (χ1) is 9.06. The van der Waals surface area contributed by atoms with E-state index >= 15 is 0 Å². The molecular formula is C13H17ClF2IN3. The fourth-order valence-corrected chi connectivity index (χ4v) is 2.01. The first kappa shape index (κ1) is 17.4. The predicted octanol–water partition coefficient (Wildman–Crippen LogP) is 3.44. The van der Waals surface area contributed by atoms with Crippen LogP contribution in [0.15, 0.2) is 17.1 Å². The summed E-state index contributed by atoms with van der Waals surface area (Å²) < 4.78 is 26.7. The molecule has 1 aromatic carbocycles. The van der Waals surface area contributed by atoms with Crippen molar-refractivity contribution in [2.45, 2.75) is 25.8 Å². The molecule has 1 saturated carbocycles. The summed E-state index contributed by atoms with van der Waals surface area (Å²) in [5.74, 6) is -0.337. The minimum absolute atomic E-state index is 0. The third-order valence-electron chi connectivity index (χ3n) is 3.31. The van der Waals surface area contributed by atoms with Crippen LogP contribution in [0.3, 0.4) is 0 Å². The van der Waals surface area contributed by atoms with Gasteiger partial charge in [-0.2, -0.15) is 0 Å². The van der Waals surface area contributed by atoms with Crippen molar-refractivity contribution in [3.63, 3.8) is 0 Å². The Bertz CT molecular complexity index is 493. The van der Waals surface area contributed by atoms with Gasteiger partial charge in [-0.15, -0.1) is 24.0 Å². The van der Waals surface area contributed by atoms with Gasteiger partial charge in [0.25, 0.3) is 0 Å². The summed E-state index contributed by atoms with van der Waals surface area (Å²) in [6, 6.07) is 1.99. The van der Waals surface area contributed by atoms with E-state index in [0.717, 1.165) is 18.7 Å². The van der Waals surface area contributed by atoms with Crippen molar-refractivity contribution in [3.05, 3.63) is 34.4 Å². The number of halogens is 4. The van der Waals surface area contributed by atoms with Gasteiger partial charge in [0.05, 0.1) is 11.6 Å². The largest absolute Gasteiger partial charge is 0.370 e. The molecule has 0 aromatic heterocycles. The lowest BCUT2D eigenvalue weighted by molar-refractivity contribution is 0.315. The Morgan fingerprint density at radius 1 is 1.35 bits per heavy atom. The molecule has 0 spiro atoms. The van der Waals surface area contributed by atoms with Gasteiger partial charge in [0, 0.05) is 12.1 Å². The summed E-state index contributed by atoms with van der Waals surface area (Å²) in [7, 11) is 0. The molecule has 1 aliphatic carbocycles. The van der Waals surface area contributed by atoms with Gasteiger partial charge in [-0.05, 0) is 30.9 Å². The Morgan fingerprint density at radius 3 is 2.65 bits per heavy atom. The molecule has 1 fully saturated rings. The normalized spacial score (nSPS) is 15.4. The van der Waals surface area contributed by atoms with Crippen LogP contribution in [0.25, 0.3) is 0 Å². The molecular weight excluding hydrogens is 399 g/mol. The number of nitrogens with two attached hydrogens (primary N) is 1. The fraction of sp³-hybridized carbons (Fsp3) is 0.462. The van der Waals surface area contributed by atoms with Crippen molar-refractivity contribution in [1.29, 1.82) is 0 Å². The van der Waals surface area contributed by atoms with Crippen molar-refractivity contribution in [3.8, 4) is 0 Å². The highest BCUT2D eigenvalue weighted by Crippen LogP contribution is 2.25. The number of guanidine groups is 1. The zero-order chi connectivity index (χ0) is 13.8. The van der Waals surface area contributed by atoms with Crippen LogP contribution >= 0.6 is 35.6 Å². The van der Waals surface area contributed by atoms with Crippen LogP contribution in [0.1, 0.15) is 24.8 Å². The molecule has 0 heterocycles. The van der Waals surface area contributed by atoms with Crippen molar-refractivity contribution >= 4 is 41.5 Å². The number of hydrogen-bond donors (Lipinski definition) is 2. The van der Waals surface area contributed by atoms with Crippen LogP contribution in [0.5, 0.6) is 0 Å². The van der Waals surface area contributed by atoms with Gasteiger partial charge in [0.2, 0.25) is 0 Å². The van der Waals surface area contributed by atoms with Crippen LogP contribution < -0.4 is 11.1 Å². The highest BCUT2D eigenvalue weighted by atomic mass is 127. The maximum Gasteiger partial charge on any atom is 0.188 e. The van der Waals surface area contributed by atoms with Crippen molar-refractivity contribution < 1.29 is 8.78 Å². The Balaban J connectivity index is 0.00000200.